The maximum Gasteiger partial charge on any atom is 0.114 e. The molecule has 1 rings (SSSR count). The van der Waals surface area contributed by atoms with E-state index in [1.165, 1.54) is 0 Å². The standard InChI is InChI=1S/C7H15FN2/c1-9-3-2-7-4-6(8)5-10-7/h6-7,9-10H,2-5H2,1H3. The van der Waals surface area contributed by atoms with Crippen LogP contribution in [0, 0.1) is 0 Å². The van der Waals surface area contributed by atoms with Crippen LogP contribution in [0.1, 0.15) is 12.8 Å². The van der Waals surface area contributed by atoms with Crippen molar-refractivity contribution in [3.63, 3.8) is 0 Å². The van der Waals surface area contributed by atoms with Crippen LogP contribution >= 0.6 is 0 Å². The maximum atomic E-state index is 12.5. The number of hydrogen-bond donors (Lipinski definition) is 2. The van der Waals surface area contributed by atoms with Crippen molar-refractivity contribution < 1.29 is 4.39 Å². The highest BCUT2D eigenvalue weighted by molar-refractivity contribution is 4.81. The van der Waals surface area contributed by atoms with Gasteiger partial charge in [-0.2, -0.15) is 0 Å². The fourth-order valence-corrected chi connectivity index (χ4v) is 1.31. The lowest BCUT2D eigenvalue weighted by Gasteiger charge is -2.07. The lowest BCUT2D eigenvalue weighted by molar-refractivity contribution is 0.353. The Hall–Kier alpha value is -0.150. The molecule has 0 aromatic carbocycles. The van der Waals surface area contributed by atoms with E-state index in [4.69, 9.17) is 0 Å². The third kappa shape index (κ3) is 2.23. The van der Waals surface area contributed by atoms with E-state index in [9.17, 15) is 4.39 Å². The normalized spacial score (nSPS) is 33.0. The Balaban J connectivity index is 2.06. The topological polar surface area (TPSA) is 24.1 Å². The summed E-state index contributed by atoms with van der Waals surface area (Å²) in [7, 11) is 1.92. The molecule has 0 saturated carbocycles. The molecule has 1 aliphatic heterocycles. The van der Waals surface area contributed by atoms with Gasteiger partial charge in [0, 0.05) is 12.6 Å². The van der Waals surface area contributed by atoms with Crippen LogP contribution in [0.2, 0.25) is 0 Å². The third-order valence-electron chi connectivity index (χ3n) is 1.91. The zero-order valence-corrected chi connectivity index (χ0v) is 6.36. The summed E-state index contributed by atoms with van der Waals surface area (Å²) in [6.07, 6.45) is 1.13. The second-order valence-electron chi connectivity index (χ2n) is 2.83. The first-order chi connectivity index (χ1) is 4.83. The van der Waals surface area contributed by atoms with Crippen molar-refractivity contribution in [1.29, 1.82) is 0 Å². The van der Waals surface area contributed by atoms with Gasteiger partial charge in [-0.05, 0) is 26.4 Å². The van der Waals surface area contributed by atoms with Crippen LogP contribution in [0.25, 0.3) is 0 Å². The van der Waals surface area contributed by atoms with E-state index >= 15 is 0 Å². The molecule has 0 radical (unpaired) electrons. The Morgan fingerprint density at radius 2 is 2.50 bits per heavy atom. The highest BCUT2D eigenvalue weighted by Crippen LogP contribution is 2.11. The number of hydrogen-bond acceptors (Lipinski definition) is 2. The minimum atomic E-state index is -0.609. The molecular weight excluding hydrogens is 131 g/mol. The smallest absolute Gasteiger partial charge is 0.114 e. The van der Waals surface area contributed by atoms with Gasteiger partial charge in [-0.15, -0.1) is 0 Å². The molecule has 0 bridgehead atoms. The van der Waals surface area contributed by atoms with E-state index in [0.29, 0.717) is 19.0 Å². The Labute approximate surface area is 61.2 Å². The average Bonchev–Trinajstić information content (AvgIpc) is 2.31. The fraction of sp³-hybridized carbons (Fsp3) is 1.00. The van der Waals surface area contributed by atoms with Crippen LogP contribution in [0.15, 0.2) is 0 Å². The molecule has 0 spiro atoms. The lowest BCUT2D eigenvalue weighted by atomic mass is 10.1. The summed E-state index contributed by atoms with van der Waals surface area (Å²) in [5.74, 6) is 0. The molecular formula is C7H15FN2. The molecule has 2 atom stereocenters. The molecule has 0 aromatic rings. The van der Waals surface area contributed by atoms with Gasteiger partial charge < -0.3 is 10.6 Å². The molecule has 3 heteroatoms. The first-order valence-electron chi connectivity index (χ1n) is 3.85. The third-order valence-corrected chi connectivity index (χ3v) is 1.91. The Morgan fingerprint density at radius 1 is 1.70 bits per heavy atom. The molecule has 0 aromatic heterocycles. The number of halogens is 1. The highest BCUT2D eigenvalue weighted by atomic mass is 19.1. The molecule has 0 aliphatic carbocycles. The van der Waals surface area contributed by atoms with Crippen LogP contribution in [-0.4, -0.2) is 32.4 Å². The molecule has 1 saturated heterocycles. The molecule has 2 nitrogen and oxygen atoms in total. The summed E-state index contributed by atoms with van der Waals surface area (Å²) in [5.41, 5.74) is 0. The van der Waals surface area contributed by atoms with Gasteiger partial charge in [0.1, 0.15) is 6.17 Å². The van der Waals surface area contributed by atoms with Crippen molar-refractivity contribution in [2.75, 3.05) is 20.1 Å². The summed E-state index contributed by atoms with van der Waals surface area (Å²) < 4.78 is 12.5. The summed E-state index contributed by atoms with van der Waals surface area (Å²) in [5, 5.41) is 6.17. The molecule has 60 valence electrons. The van der Waals surface area contributed by atoms with Gasteiger partial charge in [0.15, 0.2) is 0 Å². The first kappa shape index (κ1) is 7.95. The molecule has 2 unspecified atom stereocenters. The number of nitrogens with one attached hydrogen (secondary N) is 2. The molecule has 2 N–H and O–H groups in total. The fourth-order valence-electron chi connectivity index (χ4n) is 1.31. The maximum absolute atomic E-state index is 12.5. The van der Waals surface area contributed by atoms with Gasteiger partial charge in [-0.3, -0.25) is 0 Å². The van der Waals surface area contributed by atoms with Crippen LogP contribution in [0.5, 0.6) is 0 Å². The van der Waals surface area contributed by atoms with E-state index in [0.717, 1.165) is 13.0 Å². The van der Waals surface area contributed by atoms with Crippen molar-refractivity contribution in [1.82, 2.24) is 10.6 Å². The average molecular weight is 146 g/mol. The minimum Gasteiger partial charge on any atom is -0.320 e. The SMILES string of the molecule is CNCCC1CC(F)CN1. The van der Waals surface area contributed by atoms with Crippen LogP contribution in [-0.2, 0) is 0 Å². The van der Waals surface area contributed by atoms with Gasteiger partial charge in [0.25, 0.3) is 0 Å². The quantitative estimate of drug-likeness (QED) is 0.598. The van der Waals surface area contributed by atoms with Crippen LogP contribution in [0.4, 0.5) is 4.39 Å². The molecule has 1 fully saturated rings. The van der Waals surface area contributed by atoms with Gasteiger partial charge >= 0.3 is 0 Å². The molecule has 10 heavy (non-hydrogen) atoms. The van der Waals surface area contributed by atoms with E-state index in [1.54, 1.807) is 0 Å². The van der Waals surface area contributed by atoms with Gasteiger partial charge in [0.2, 0.25) is 0 Å². The summed E-state index contributed by atoms with van der Waals surface area (Å²) in [6, 6.07) is 0.405. The second kappa shape index (κ2) is 3.88. The van der Waals surface area contributed by atoms with Gasteiger partial charge in [0.05, 0.1) is 0 Å². The zero-order valence-electron chi connectivity index (χ0n) is 6.36. The number of rotatable bonds is 3. The van der Waals surface area contributed by atoms with Crippen LogP contribution < -0.4 is 10.6 Å². The van der Waals surface area contributed by atoms with E-state index in [-0.39, 0.29) is 0 Å². The molecule has 1 heterocycles. The minimum absolute atomic E-state index is 0.405. The predicted octanol–water partition coefficient (Wildman–Crippen LogP) is 0.296. The molecule has 1 aliphatic rings. The first-order valence-corrected chi connectivity index (χ1v) is 3.85. The monoisotopic (exact) mass is 146 g/mol. The second-order valence-corrected chi connectivity index (χ2v) is 2.83. The molecule has 0 amide bonds. The summed E-state index contributed by atoms with van der Waals surface area (Å²) in [4.78, 5) is 0. The van der Waals surface area contributed by atoms with E-state index < -0.39 is 6.17 Å². The Kier molecular flexibility index (Phi) is 3.09. The van der Waals surface area contributed by atoms with Crippen molar-refractivity contribution in [3.8, 4) is 0 Å². The Morgan fingerprint density at radius 3 is 3.00 bits per heavy atom. The Bertz CT molecular complexity index is 97.6. The predicted molar refractivity (Wildman–Crippen MR) is 39.8 cm³/mol. The number of alkyl halides is 1. The summed E-state index contributed by atoms with van der Waals surface area (Å²) in [6.45, 7) is 1.53. The van der Waals surface area contributed by atoms with E-state index in [1.807, 2.05) is 7.05 Å². The lowest BCUT2D eigenvalue weighted by Crippen LogP contribution is -2.25. The van der Waals surface area contributed by atoms with Gasteiger partial charge in [-0.1, -0.05) is 0 Å². The summed E-state index contributed by atoms with van der Waals surface area (Å²) >= 11 is 0. The van der Waals surface area contributed by atoms with Crippen molar-refractivity contribution in [3.05, 3.63) is 0 Å². The zero-order chi connectivity index (χ0) is 7.40. The van der Waals surface area contributed by atoms with E-state index in [2.05, 4.69) is 10.6 Å². The van der Waals surface area contributed by atoms with Crippen molar-refractivity contribution >= 4 is 0 Å². The van der Waals surface area contributed by atoms with Crippen molar-refractivity contribution in [2.45, 2.75) is 25.1 Å². The van der Waals surface area contributed by atoms with Gasteiger partial charge in [-0.25, -0.2) is 4.39 Å². The highest BCUT2D eigenvalue weighted by Gasteiger charge is 2.22. The van der Waals surface area contributed by atoms with Crippen molar-refractivity contribution in [2.24, 2.45) is 0 Å². The largest absolute Gasteiger partial charge is 0.320 e. The van der Waals surface area contributed by atoms with Crippen LogP contribution in [0.3, 0.4) is 0 Å².